The number of hydrogen-bond donors (Lipinski definition) is 1. The van der Waals surface area contributed by atoms with Gasteiger partial charge in [0.1, 0.15) is 5.75 Å². The van der Waals surface area contributed by atoms with Crippen molar-refractivity contribution in [1.82, 2.24) is 9.80 Å². The van der Waals surface area contributed by atoms with E-state index in [0.717, 1.165) is 50.6 Å². The lowest BCUT2D eigenvalue weighted by Gasteiger charge is -2.21. The number of hydrogen-bond acceptors (Lipinski definition) is 4. The first-order valence-corrected chi connectivity index (χ1v) is 7.47. The maximum Gasteiger partial charge on any atom is 0.121 e. The molecule has 114 valence electrons. The van der Waals surface area contributed by atoms with Crippen LogP contribution in [0.25, 0.3) is 0 Å². The predicted octanol–water partition coefficient (Wildman–Crippen LogP) is 2.31. The maximum atomic E-state index is 5.72. The van der Waals surface area contributed by atoms with Crippen LogP contribution in [0.5, 0.6) is 5.75 Å². The Hall–Kier alpha value is -1.26. The highest BCUT2D eigenvalue weighted by Gasteiger charge is 2.03. The third-order valence-corrected chi connectivity index (χ3v) is 3.27. The van der Waals surface area contributed by atoms with E-state index in [1.165, 1.54) is 6.42 Å². The van der Waals surface area contributed by atoms with Crippen molar-refractivity contribution in [3.63, 3.8) is 0 Å². The van der Waals surface area contributed by atoms with Gasteiger partial charge in [0.15, 0.2) is 0 Å². The molecule has 0 unspecified atom stereocenters. The van der Waals surface area contributed by atoms with Gasteiger partial charge in [0.05, 0.1) is 6.61 Å². The van der Waals surface area contributed by atoms with Gasteiger partial charge >= 0.3 is 0 Å². The molecule has 0 aliphatic heterocycles. The lowest BCUT2D eigenvalue weighted by Crippen LogP contribution is -2.29. The Morgan fingerprint density at radius 3 is 2.50 bits per heavy atom. The van der Waals surface area contributed by atoms with Crippen molar-refractivity contribution >= 4 is 5.69 Å². The van der Waals surface area contributed by atoms with E-state index in [9.17, 15) is 0 Å². The minimum Gasteiger partial charge on any atom is -0.493 e. The smallest absolute Gasteiger partial charge is 0.121 e. The summed E-state index contributed by atoms with van der Waals surface area (Å²) >= 11 is 0. The maximum absolute atomic E-state index is 5.72. The van der Waals surface area contributed by atoms with Crippen molar-refractivity contribution < 1.29 is 4.74 Å². The van der Waals surface area contributed by atoms with E-state index in [4.69, 9.17) is 10.5 Å². The van der Waals surface area contributed by atoms with Crippen molar-refractivity contribution in [1.29, 1.82) is 0 Å². The highest BCUT2D eigenvalue weighted by Crippen LogP contribution is 2.14. The van der Waals surface area contributed by atoms with E-state index < -0.39 is 0 Å². The normalized spacial score (nSPS) is 11.2. The Balaban J connectivity index is 2.15. The fourth-order valence-corrected chi connectivity index (χ4v) is 2.12. The Kier molecular flexibility index (Phi) is 8.07. The zero-order valence-electron chi connectivity index (χ0n) is 13.1. The molecule has 1 rings (SSSR count). The Bertz CT molecular complexity index is 368. The summed E-state index contributed by atoms with van der Waals surface area (Å²) in [6, 6.07) is 7.61. The van der Waals surface area contributed by atoms with Crippen LogP contribution >= 0.6 is 0 Å². The molecule has 0 heterocycles. The van der Waals surface area contributed by atoms with Crippen LogP contribution in [0.2, 0.25) is 0 Å². The van der Waals surface area contributed by atoms with Gasteiger partial charge in [0.25, 0.3) is 0 Å². The van der Waals surface area contributed by atoms with Crippen LogP contribution in [0.3, 0.4) is 0 Å². The second-order valence-electron chi connectivity index (χ2n) is 5.37. The molecule has 0 bridgehead atoms. The van der Waals surface area contributed by atoms with E-state index in [-0.39, 0.29) is 0 Å². The largest absolute Gasteiger partial charge is 0.493 e. The Morgan fingerprint density at radius 2 is 1.85 bits per heavy atom. The van der Waals surface area contributed by atoms with Gasteiger partial charge in [-0.05, 0) is 58.7 Å². The molecule has 1 aromatic rings. The molecular weight excluding hydrogens is 250 g/mol. The number of ether oxygens (including phenoxy) is 1. The molecule has 0 saturated heterocycles. The summed E-state index contributed by atoms with van der Waals surface area (Å²) in [5, 5.41) is 0. The summed E-state index contributed by atoms with van der Waals surface area (Å²) in [5.74, 6) is 0.862. The van der Waals surface area contributed by atoms with Gasteiger partial charge in [0, 0.05) is 18.3 Å². The number of benzene rings is 1. The summed E-state index contributed by atoms with van der Waals surface area (Å²) in [6.45, 7) is 7.46. The summed E-state index contributed by atoms with van der Waals surface area (Å²) in [7, 11) is 4.24. The van der Waals surface area contributed by atoms with Crippen LogP contribution < -0.4 is 10.5 Å². The second-order valence-corrected chi connectivity index (χ2v) is 5.37. The predicted molar refractivity (Wildman–Crippen MR) is 86.3 cm³/mol. The summed E-state index contributed by atoms with van der Waals surface area (Å²) in [4.78, 5) is 4.71. The van der Waals surface area contributed by atoms with Crippen LogP contribution in [0, 0.1) is 0 Å². The van der Waals surface area contributed by atoms with Crippen LogP contribution in [-0.4, -0.2) is 56.7 Å². The molecule has 0 spiro atoms. The summed E-state index contributed by atoms with van der Waals surface area (Å²) < 4.78 is 5.71. The molecule has 0 aliphatic rings. The average Bonchev–Trinajstić information content (AvgIpc) is 2.41. The molecule has 0 saturated carbocycles. The quantitative estimate of drug-likeness (QED) is 0.527. The highest BCUT2D eigenvalue weighted by molar-refractivity contribution is 5.43. The third-order valence-electron chi connectivity index (χ3n) is 3.27. The topological polar surface area (TPSA) is 41.7 Å². The monoisotopic (exact) mass is 279 g/mol. The fraction of sp³-hybridized carbons (Fsp3) is 0.625. The van der Waals surface area contributed by atoms with Gasteiger partial charge in [0.2, 0.25) is 0 Å². The third kappa shape index (κ3) is 7.36. The molecule has 1 aromatic carbocycles. The van der Waals surface area contributed by atoms with E-state index >= 15 is 0 Å². The van der Waals surface area contributed by atoms with Crippen LogP contribution in [-0.2, 0) is 0 Å². The first kappa shape index (κ1) is 16.8. The number of rotatable bonds is 10. The van der Waals surface area contributed by atoms with E-state index in [1.807, 2.05) is 24.3 Å². The molecule has 0 aromatic heterocycles. The zero-order chi connectivity index (χ0) is 14.8. The van der Waals surface area contributed by atoms with Crippen LogP contribution in [0.4, 0.5) is 5.69 Å². The summed E-state index contributed by atoms with van der Waals surface area (Å²) in [5.41, 5.74) is 6.47. The molecule has 4 nitrogen and oxygen atoms in total. The fourth-order valence-electron chi connectivity index (χ4n) is 2.12. The molecule has 0 radical (unpaired) electrons. The van der Waals surface area contributed by atoms with E-state index in [1.54, 1.807) is 0 Å². The zero-order valence-corrected chi connectivity index (χ0v) is 13.1. The Labute approximate surface area is 123 Å². The van der Waals surface area contributed by atoms with Crippen molar-refractivity contribution in [2.75, 3.05) is 52.6 Å². The molecule has 20 heavy (non-hydrogen) atoms. The van der Waals surface area contributed by atoms with Crippen molar-refractivity contribution in [2.24, 2.45) is 0 Å². The standard InChI is InChI=1S/C16H29N3O/c1-4-19(11-6-10-18(2)3)12-7-13-20-16-9-5-8-15(17)14-16/h5,8-9,14H,4,6-7,10-13,17H2,1-3H3. The molecule has 0 amide bonds. The summed E-state index contributed by atoms with van der Waals surface area (Å²) in [6.07, 6.45) is 2.27. The highest BCUT2D eigenvalue weighted by atomic mass is 16.5. The van der Waals surface area contributed by atoms with Gasteiger partial charge < -0.3 is 20.3 Å². The lowest BCUT2D eigenvalue weighted by atomic mass is 10.3. The molecule has 2 N–H and O–H groups in total. The molecule has 4 heteroatoms. The average molecular weight is 279 g/mol. The first-order valence-electron chi connectivity index (χ1n) is 7.47. The number of nitrogens with two attached hydrogens (primary N) is 1. The van der Waals surface area contributed by atoms with Gasteiger partial charge in [-0.3, -0.25) is 0 Å². The molecule has 0 atom stereocenters. The minimum absolute atomic E-state index is 0.744. The lowest BCUT2D eigenvalue weighted by molar-refractivity contribution is 0.232. The van der Waals surface area contributed by atoms with Gasteiger partial charge in [-0.2, -0.15) is 0 Å². The minimum atomic E-state index is 0.744. The van der Waals surface area contributed by atoms with Crippen molar-refractivity contribution in [3.8, 4) is 5.75 Å². The first-order chi connectivity index (χ1) is 9.61. The molecular formula is C16H29N3O. The van der Waals surface area contributed by atoms with Crippen molar-refractivity contribution in [3.05, 3.63) is 24.3 Å². The van der Waals surface area contributed by atoms with E-state index in [2.05, 4.69) is 30.8 Å². The Morgan fingerprint density at radius 1 is 1.10 bits per heavy atom. The molecule has 0 fully saturated rings. The van der Waals surface area contributed by atoms with Crippen LogP contribution in [0.15, 0.2) is 24.3 Å². The second kappa shape index (κ2) is 9.61. The van der Waals surface area contributed by atoms with Gasteiger partial charge in [-0.1, -0.05) is 13.0 Å². The number of nitrogen functional groups attached to an aromatic ring is 1. The van der Waals surface area contributed by atoms with Gasteiger partial charge in [-0.15, -0.1) is 0 Å². The van der Waals surface area contributed by atoms with E-state index in [0.29, 0.717) is 0 Å². The van der Waals surface area contributed by atoms with Crippen molar-refractivity contribution in [2.45, 2.75) is 19.8 Å². The number of nitrogens with zero attached hydrogens (tertiary/aromatic N) is 2. The number of anilines is 1. The molecule has 0 aliphatic carbocycles. The van der Waals surface area contributed by atoms with Gasteiger partial charge in [-0.25, -0.2) is 0 Å². The van der Waals surface area contributed by atoms with Crippen LogP contribution in [0.1, 0.15) is 19.8 Å². The SMILES string of the molecule is CCN(CCCOc1cccc(N)c1)CCCN(C)C.